The van der Waals surface area contributed by atoms with E-state index >= 15 is 0 Å². The zero-order chi connectivity index (χ0) is 18.8. The molecule has 1 atom stereocenters. The van der Waals surface area contributed by atoms with E-state index in [1.165, 1.54) is 22.1 Å². The Balaban J connectivity index is 1.55. The van der Waals surface area contributed by atoms with Gasteiger partial charge in [-0.3, -0.25) is 4.90 Å². The lowest BCUT2D eigenvalue weighted by Crippen LogP contribution is -2.35. The van der Waals surface area contributed by atoms with Crippen molar-refractivity contribution in [1.82, 2.24) is 9.88 Å². The Morgan fingerprint density at radius 2 is 2.00 bits per heavy atom. The van der Waals surface area contributed by atoms with Gasteiger partial charge in [0.15, 0.2) is 0 Å². The molecule has 0 radical (unpaired) electrons. The van der Waals surface area contributed by atoms with Gasteiger partial charge in [0.1, 0.15) is 12.4 Å². The predicted octanol–water partition coefficient (Wildman–Crippen LogP) is 4.38. The topological polar surface area (TPSA) is 34.6 Å². The van der Waals surface area contributed by atoms with E-state index in [0.717, 1.165) is 36.7 Å². The minimum absolute atomic E-state index is 0.418. The van der Waals surface area contributed by atoms with Gasteiger partial charge in [0.25, 0.3) is 0 Å². The lowest BCUT2D eigenvalue weighted by atomic mass is 10.0. The number of fused-ring (bicyclic) bond motifs is 2. The quantitative estimate of drug-likeness (QED) is 0.690. The van der Waals surface area contributed by atoms with Crippen LogP contribution < -0.4 is 9.47 Å². The van der Waals surface area contributed by atoms with Gasteiger partial charge in [-0.1, -0.05) is 30.3 Å². The van der Waals surface area contributed by atoms with E-state index in [1.54, 1.807) is 7.11 Å². The number of para-hydroxylation sites is 1. The van der Waals surface area contributed by atoms with Crippen LogP contribution in [0.5, 0.6) is 11.6 Å². The predicted molar refractivity (Wildman–Crippen MR) is 109 cm³/mol. The van der Waals surface area contributed by atoms with Gasteiger partial charge in [0.2, 0.25) is 5.88 Å². The Bertz CT molecular complexity index is 937. The van der Waals surface area contributed by atoms with Gasteiger partial charge in [-0.15, -0.1) is 0 Å². The van der Waals surface area contributed by atoms with E-state index in [2.05, 4.69) is 55.1 Å². The third-order valence-corrected chi connectivity index (χ3v) is 5.39. The average Bonchev–Trinajstić information content (AvgIpc) is 2.89. The fraction of sp³-hybridized carbons (Fsp3) is 0.348. The smallest absolute Gasteiger partial charge is 0.218 e. The highest BCUT2D eigenvalue weighted by atomic mass is 16.5. The van der Waals surface area contributed by atoms with Crippen molar-refractivity contribution in [2.45, 2.75) is 32.9 Å². The monoisotopic (exact) mass is 362 g/mol. The summed E-state index contributed by atoms with van der Waals surface area (Å²) in [5, 5.41) is 1.18. The number of ether oxygens (including phenoxy) is 2. The molecule has 0 bridgehead atoms. The standard InChI is InChI=1S/C23H26N2O2/c1-16-5-4-6-19-14-20-15-25(11-12-27-23(20)24-22(16)19)17(2)13-18-7-9-21(26-3)10-8-18/h4-10,14,17H,11-13,15H2,1-3H3. The lowest BCUT2D eigenvalue weighted by molar-refractivity contribution is 0.177. The van der Waals surface area contributed by atoms with Crippen molar-refractivity contribution in [1.29, 1.82) is 0 Å². The van der Waals surface area contributed by atoms with E-state index in [9.17, 15) is 0 Å². The number of benzene rings is 2. The maximum atomic E-state index is 6.00. The second-order valence-corrected chi connectivity index (χ2v) is 7.32. The van der Waals surface area contributed by atoms with Gasteiger partial charge in [-0.25, -0.2) is 4.98 Å². The van der Waals surface area contributed by atoms with Gasteiger partial charge in [-0.05, 0) is 49.6 Å². The van der Waals surface area contributed by atoms with Gasteiger partial charge < -0.3 is 9.47 Å². The maximum Gasteiger partial charge on any atom is 0.218 e. The van der Waals surface area contributed by atoms with Crippen molar-refractivity contribution in [3.63, 3.8) is 0 Å². The summed E-state index contributed by atoms with van der Waals surface area (Å²) in [6.07, 6.45) is 0.999. The van der Waals surface area contributed by atoms with Crippen LogP contribution in [0.3, 0.4) is 0 Å². The Labute approximate surface area is 160 Å². The lowest BCUT2D eigenvalue weighted by Gasteiger charge is -2.27. The molecule has 4 rings (SSSR count). The van der Waals surface area contributed by atoms with Crippen LogP contribution >= 0.6 is 0 Å². The maximum absolute atomic E-state index is 6.00. The number of hydrogen-bond acceptors (Lipinski definition) is 4. The number of methoxy groups -OCH3 is 1. The summed E-state index contributed by atoms with van der Waals surface area (Å²) >= 11 is 0. The van der Waals surface area contributed by atoms with Crippen molar-refractivity contribution in [3.8, 4) is 11.6 Å². The molecule has 4 heteroatoms. The first kappa shape index (κ1) is 17.8. The molecule has 0 fully saturated rings. The third-order valence-electron chi connectivity index (χ3n) is 5.39. The molecule has 0 spiro atoms. The summed E-state index contributed by atoms with van der Waals surface area (Å²) in [5.41, 5.74) is 4.72. The molecule has 0 N–H and O–H groups in total. The number of aryl methyl sites for hydroxylation is 1. The largest absolute Gasteiger partial charge is 0.497 e. The van der Waals surface area contributed by atoms with E-state index in [1.807, 2.05) is 12.1 Å². The first-order valence-corrected chi connectivity index (χ1v) is 9.53. The molecule has 1 unspecified atom stereocenters. The molecule has 1 aliphatic rings. The molecule has 0 aliphatic carbocycles. The highest BCUT2D eigenvalue weighted by molar-refractivity contribution is 5.83. The summed E-state index contributed by atoms with van der Waals surface area (Å²) in [5.74, 6) is 1.69. The second-order valence-electron chi connectivity index (χ2n) is 7.32. The fourth-order valence-corrected chi connectivity index (χ4v) is 3.78. The molecule has 3 aromatic rings. The minimum atomic E-state index is 0.418. The van der Waals surface area contributed by atoms with Crippen LogP contribution in [0.2, 0.25) is 0 Å². The molecule has 140 valence electrons. The summed E-state index contributed by atoms with van der Waals surface area (Å²) in [7, 11) is 1.70. The number of rotatable bonds is 4. The Morgan fingerprint density at radius 3 is 2.78 bits per heavy atom. The minimum Gasteiger partial charge on any atom is -0.497 e. The van der Waals surface area contributed by atoms with Crippen molar-refractivity contribution in [2.75, 3.05) is 20.3 Å². The zero-order valence-corrected chi connectivity index (χ0v) is 16.2. The van der Waals surface area contributed by atoms with Crippen LogP contribution in [-0.2, 0) is 13.0 Å². The molecule has 2 heterocycles. The van der Waals surface area contributed by atoms with Crippen LogP contribution in [0.1, 0.15) is 23.6 Å². The first-order chi connectivity index (χ1) is 13.1. The zero-order valence-electron chi connectivity index (χ0n) is 16.2. The fourth-order valence-electron chi connectivity index (χ4n) is 3.78. The molecule has 2 aromatic carbocycles. The first-order valence-electron chi connectivity index (χ1n) is 9.53. The molecule has 4 nitrogen and oxygen atoms in total. The van der Waals surface area contributed by atoms with Crippen LogP contribution in [0.4, 0.5) is 0 Å². The van der Waals surface area contributed by atoms with E-state index in [4.69, 9.17) is 14.5 Å². The van der Waals surface area contributed by atoms with Crippen LogP contribution in [0.25, 0.3) is 10.9 Å². The molecule has 1 aromatic heterocycles. The van der Waals surface area contributed by atoms with Gasteiger partial charge in [0, 0.05) is 30.1 Å². The van der Waals surface area contributed by atoms with Crippen LogP contribution in [0, 0.1) is 6.92 Å². The summed E-state index contributed by atoms with van der Waals surface area (Å²) in [6, 6.07) is 17.3. The second kappa shape index (κ2) is 7.57. The van der Waals surface area contributed by atoms with Crippen LogP contribution in [-0.4, -0.2) is 36.2 Å². The highest BCUT2D eigenvalue weighted by Crippen LogP contribution is 2.28. The Hall–Kier alpha value is -2.59. The molecule has 1 aliphatic heterocycles. The SMILES string of the molecule is COc1ccc(CC(C)N2CCOc3nc4c(C)cccc4cc3C2)cc1. The molecule has 27 heavy (non-hydrogen) atoms. The van der Waals surface area contributed by atoms with Crippen molar-refractivity contribution in [2.24, 2.45) is 0 Å². The molecular formula is C23H26N2O2. The molecular weight excluding hydrogens is 336 g/mol. The summed E-state index contributed by atoms with van der Waals surface area (Å²) < 4.78 is 11.3. The van der Waals surface area contributed by atoms with Gasteiger partial charge in [0.05, 0.1) is 12.6 Å². The number of aromatic nitrogens is 1. The van der Waals surface area contributed by atoms with Crippen molar-refractivity contribution >= 4 is 10.9 Å². The van der Waals surface area contributed by atoms with Gasteiger partial charge in [-0.2, -0.15) is 0 Å². The molecule has 0 amide bonds. The number of nitrogens with zero attached hydrogens (tertiary/aromatic N) is 2. The third kappa shape index (κ3) is 3.76. The Morgan fingerprint density at radius 1 is 1.19 bits per heavy atom. The van der Waals surface area contributed by atoms with E-state index < -0.39 is 0 Å². The molecule has 0 saturated heterocycles. The summed E-state index contributed by atoms with van der Waals surface area (Å²) in [6.45, 7) is 6.83. The van der Waals surface area contributed by atoms with Crippen molar-refractivity contribution < 1.29 is 9.47 Å². The van der Waals surface area contributed by atoms with E-state index in [-0.39, 0.29) is 0 Å². The summed E-state index contributed by atoms with van der Waals surface area (Å²) in [4.78, 5) is 7.29. The molecule has 0 saturated carbocycles. The van der Waals surface area contributed by atoms with Crippen molar-refractivity contribution in [3.05, 3.63) is 65.2 Å². The van der Waals surface area contributed by atoms with Crippen LogP contribution in [0.15, 0.2) is 48.5 Å². The normalized spacial score (nSPS) is 15.7. The number of pyridine rings is 1. The Kier molecular flexibility index (Phi) is 4.99. The van der Waals surface area contributed by atoms with E-state index in [0.29, 0.717) is 12.6 Å². The highest BCUT2D eigenvalue weighted by Gasteiger charge is 2.21. The number of hydrogen-bond donors (Lipinski definition) is 0. The van der Waals surface area contributed by atoms with Gasteiger partial charge >= 0.3 is 0 Å². The average molecular weight is 362 g/mol.